The second-order valence-corrected chi connectivity index (χ2v) is 13.3. The number of anilines is 1. The lowest BCUT2D eigenvalue weighted by Crippen LogP contribution is -2.30. The number of nitrogens with zero attached hydrogens (tertiary/aromatic N) is 1. The Morgan fingerprint density at radius 2 is 1.76 bits per heavy atom. The van der Waals surface area contributed by atoms with Crippen molar-refractivity contribution >= 4 is 44.0 Å². The Kier molecular flexibility index (Phi) is 8.52. The minimum absolute atomic E-state index is 0.170. The number of amides is 1. The highest BCUT2D eigenvalue weighted by molar-refractivity contribution is 7.92. The van der Waals surface area contributed by atoms with Gasteiger partial charge in [0.05, 0.1) is 35.1 Å². The van der Waals surface area contributed by atoms with Gasteiger partial charge in [-0.1, -0.05) is 29.5 Å². The van der Waals surface area contributed by atoms with E-state index < -0.39 is 27.8 Å². The molecule has 0 aliphatic heterocycles. The third-order valence-electron chi connectivity index (χ3n) is 7.08. The second kappa shape index (κ2) is 12.1. The summed E-state index contributed by atoms with van der Waals surface area (Å²) in [7, 11) is -2.06. The number of carbonyl (C=O) groups is 3. The lowest BCUT2D eigenvalue weighted by molar-refractivity contribution is -0.135. The van der Waals surface area contributed by atoms with E-state index in [1.165, 1.54) is 25.4 Å². The number of sulfone groups is 1. The summed E-state index contributed by atoms with van der Waals surface area (Å²) in [6, 6.07) is 11.2. The van der Waals surface area contributed by atoms with Crippen molar-refractivity contribution in [3.8, 4) is 10.8 Å². The maximum atomic E-state index is 13.5. The van der Waals surface area contributed by atoms with Gasteiger partial charge in [0.2, 0.25) is 5.06 Å². The molecule has 0 spiro atoms. The lowest BCUT2D eigenvalue weighted by atomic mass is 9.96. The summed E-state index contributed by atoms with van der Waals surface area (Å²) in [4.78, 5) is 41.6. The monoisotopic (exact) mass is 598 g/mol. The summed E-state index contributed by atoms with van der Waals surface area (Å²) < 4.78 is 42.1. The SMILES string of the molecule is COC(=O)c1cc(Oc2cnc(NC(=O)C(OC3CCC(=O)CC3)c3ccc(S(=O)(=O)C4CC4)cc3)s2)ccc1C. The van der Waals surface area contributed by atoms with Crippen molar-refractivity contribution in [1.82, 2.24) is 4.98 Å². The number of rotatable bonds is 10. The summed E-state index contributed by atoms with van der Waals surface area (Å²) >= 11 is 1.09. The number of Topliss-reactive ketones (excluding diaryl/α,β-unsaturated/α-hetero) is 1. The van der Waals surface area contributed by atoms with Crippen LogP contribution >= 0.6 is 11.3 Å². The molecule has 3 aromatic rings. The maximum Gasteiger partial charge on any atom is 0.338 e. The smallest absolute Gasteiger partial charge is 0.338 e. The van der Waals surface area contributed by atoms with Crippen LogP contribution < -0.4 is 10.1 Å². The van der Waals surface area contributed by atoms with E-state index in [1.54, 1.807) is 37.3 Å². The first-order valence-corrected chi connectivity index (χ1v) is 15.6. The Labute approximate surface area is 242 Å². The first-order valence-electron chi connectivity index (χ1n) is 13.3. The van der Waals surface area contributed by atoms with Crippen LogP contribution in [-0.4, -0.2) is 49.5 Å². The van der Waals surface area contributed by atoms with E-state index in [1.807, 2.05) is 0 Å². The fourth-order valence-corrected chi connectivity index (χ4v) is 6.93. The second-order valence-electron chi connectivity index (χ2n) is 10.1. The van der Waals surface area contributed by atoms with Gasteiger partial charge in [-0.05, 0) is 68.0 Å². The van der Waals surface area contributed by atoms with Crippen LogP contribution in [0.15, 0.2) is 53.6 Å². The van der Waals surface area contributed by atoms with Crippen molar-refractivity contribution in [3.63, 3.8) is 0 Å². The van der Waals surface area contributed by atoms with Crippen molar-refractivity contribution in [2.24, 2.45) is 0 Å². The van der Waals surface area contributed by atoms with Gasteiger partial charge in [-0.2, -0.15) is 0 Å². The van der Waals surface area contributed by atoms with E-state index in [0.717, 1.165) is 16.9 Å². The van der Waals surface area contributed by atoms with Gasteiger partial charge in [0.15, 0.2) is 21.1 Å². The summed E-state index contributed by atoms with van der Waals surface area (Å²) in [6.07, 6.45) is 3.24. The van der Waals surface area contributed by atoms with Gasteiger partial charge in [-0.3, -0.25) is 14.9 Å². The Morgan fingerprint density at radius 1 is 1.05 bits per heavy atom. The van der Waals surface area contributed by atoms with Crippen molar-refractivity contribution < 1.29 is 37.0 Å². The summed E-state index contributed by atoms with van der Waals surface area (Å²) in [5.41, 5.74) is 1.62. The van der Waals surface area contributed by atoms with Crippen molar-refractivity contribution in [3.05, 3.63) is 65.4 Å². The third kappa shape index (κ3) is 6.83. The van der Waals surface area contributed by atoms with E-state index in [9.17, 15) is 22.8 Å². The molecule has 1 heterocycles. The molecule has 10 nitrogen and oxygen atoms in total. The standard InChI is InChI=1S/C29H30N2O8S2/c1-17-3-8-21(15-24(17)28(34)37-2)38-25-16-30-29(40-25)31-27(33)26(39-20-9-6-19(32)7-10-20)18-4-11-22(12-5-18)41(35,36)23-13-14-23/h3-5,8,11-12,15-16,20,23,26H,6-7,9-10,13-14H2,1-2H3,(H,30,31,33). The molecule has 2 aromatic carbocycles. The van der Waals surface area contributed by atoms with Crippen LogP contribution in [0.4, 0.5) is 5.13 Å². The molecule has 2 fully saturated rings. The maximum absolute atomic E-state index is 13.5. The summed E-state index contributed by atoms with van der Waals surface area (Å²) in [5, 5.41) is 3.09. The first-order chi connectivity index (χ1) is 19.6. The quantitative estimate of drug-likeness (QED) is 0.313. The van der Waals surface area contributed by atoms with Crippen LogP contribution in [0.25, 0.3) is 0 Å². The number of aryl methyl sites for hydroxylation is 1. The molecule has 2 aliphatic rings. The number of ketones is 1. The predicted molar refractivity (Wildman–Crippen MR) is 151 cm³/mol. The summed E-state index contributed by atoms with van der Waals surface area (Å²) in [6.45, 7) is 1.79. The molecule has 0 radical (unpaired) electrons. The van der Waals surface area contributed by atoms with Crippen LogP contribution in [0.3, 0.4) is 0 Å². The predicted octanol–water partition coefficient (Wildman–Crippen LogP) is 5.17. The molecule has 41 heavy (non-hydrogen) atoms. The highest BCUT2D eigenvalue weighted by Crippen LogP contribution is 2.36. The Morgan fingerprint density at radius 3 is 2.41 bits per heavy atom. The van der Waals surface area contributed by atoms with Crippen LogP contribution in [0.2, 0.25) is 0 Å². The van der Waals surface area contributed by atoms with E-state index in [4.69, 9.17) is 14.2 Å². The van der Waals surface area contributed by atoms with Crippen LogP contribution in [0.5, 0.6) is 10.8 Å². The van der Waals surface area contributed by atoms with Crippen LogP contribution in [-0.2, 0) is 28.9 Å². The molecular weight excluding hydrogens is 568 g/mol. The fraction of sp³-hybridized carbons (Fsp3) is 0.379. The van der Waals surface area contributed by atoms with E-state index >= 15 is 0 Å². The Balaban J connectivity index is 1.32. The van der Waals surface area contributed by atoms with Crippen molar-refractivity contribution in [2.75, 3.05) is 12.4 Å². The van der Waals surface area contributed by atoms with Gasteiger partial charge < -0.3 is 14.2 Å². The highest BCUT2D eigenvalue weighted by Gasteiger charge is 2.37. The minimum Gasteiger partial charge on any atom is -0.465 e. The fourth-order valence-electron chi connectivity index (χ4n) is 4.58. The molecule has 1 amide bonds. The molecule has 2 saturated carbocycles. The number of thiazole rings is 1. The number of hydrogen-bond acceptors (Lipinski definition) is 10. The van der Waals surface area contributed by atoms with Crippen molar-refractivity contribution in [2.45, 2.75) is 67.8 Å². The van der Waals surface area contributed by atoms with Gasteiger partial charge in [-0.25, -0.2) is 18.2 Å². The zero-order valence-corrected chi connectivity index (χ0v) is 24.3. The number of nitrogens with one attached hydrogen (secondary N) is 1. The highest BCUT2D eigenvalue weighted by atomic mass is 32.2. The number of carbonyl (C=O) groups excluding carboxylic acids is 3. The van der Waals surface area contributed by atoms with Gasteiger partial charge in [-0.15, -0.1) is 0 Å². The third-order valence-corrected chi connectivity index (χ3v) is 10.1. The molecule has 1 N–H and O–H groups in total. The van der Waals surface area contributed by atoms with Gasteiger partial charge >= 0.3 is 5.97 Å². The Hall–Kier alpha value is -3.61. The number of methoxy groups -OCH3 is 1. The van der Waals surface area contributed by atoms with E-state index in [-0.39, 0.29) is 27.2 Å². The molecule has 5 rings (SSSR count). The number of hydrogen-bond donors (Lipinski definition) is 1. The zero-order chi connectivity index (χ0) is 29.1. The van der Waals surface area contributed by atoms with E-state index in [0.29, 0.717) is 60.5 Å². The zero-order valence-electron chi connectivity index (χ0n) is 22.6. The molecule has 2 aliphatic carbocycles. The molecular formula is C29H30N2O8S2. The summed E-state index contributed by atoms with van der Waals surface area (Å²) in [5.74, 6) is -0.379. The molecule has 0 bridgehead atoms. The molecule has 1 aromatic heterocycles. The minimum atomic E-state index is -3.37. The van der Waals surface area contributed by atoms with Gasteiger partial charge in [0.25, 0.3) is 5.91 Å². The average Bonchev–Trinajstić information content (AvgIpc) is 3.75. The molecule has 12 heteroatoms. The van der Waals surface area contributed by atoms with Crippen LogP contribution in [0, 0.1) is 6.92 Å². The molecule has 216 valence electrons. The number of aromatic nitrogens is 1. The van der Waals surface area contributed by atoms with Crippen LogP contribution in [0.1, 0.15) is 66.1 Å². The first kappa shape index (κ1) is 28.9. The number of benzene rings is 2. The van der Waals surface area contributed by atoms with Gasteiger partial charge in [0.1, 0.15) is 11.5 Å². The molecule has 1 unspecified atom stereocenters. The molecule has 0 saturated heterocycles. The van der Waals surface area contributed by atoms with Crippen molar-refractivity contribution in [1.29, 1.82) is 0 Å². The number of esters is 1. The van der Waals surface area contributed by atoms with Gasteiger partial charge in [0, 0.05) is 12.8 Å². The molecule has 1 atom stereocenters. The number of ether oxygens (including phenoxy) is 3. The average molecular weight is 599 g/mol. The largest absolute Gasteiger partial charge is 0.465 e. The normalized spacial score (nSPS) is 16.7. The topological polar surface area (TPSA) is 138 Å². The van der Waals surface area contributed by atoms with E-state index in [2.05, 4.69) is 10.3 Å². The Bertz CT molecular complexity index is 1550. The lowest BCUT2D eigenvalue weighted by Gasteiger charge is -2.26.